The number of nitrogens with zero attached hydrogens (tertiary/aromatic N) is 4. The van der Waals surface area contributed by atoms with E-state index in [2.05, 4.69) is 20.5 Å². The lowest BCUT2D eigenvalue weighted by molar-refractivity contribution is -0.137. The van der Waals surface area contributed by atoms with Crippen molar-refractivity contribution in [3.8, 4) is 0 Å². The number of nitrogens with one attached hydrogen (secondary N) is 1. The zero-order valence-electron chi connectivity index (χ0n) is 7.91. The molecule has 0 aromatic carbocycles. The first kappa shape index (κ1) is 10.8. The normalized spacial score (nSPS) is 9.40. The Morgan fingerprint density at radius 2 is 2.27 bits per heavy atom. The molecular weight excluding hydrogens is 202 g/mol. The monoisotopic (exact) mass is 211 g/mol. The van der Waals surface area contributed by atoms with Gasteiger partial charge in [-0.05, 0) is 0 Å². The maximum atomic E-state index is 11.3. The lowest BCUT2D eigenvalue weighted by atomic mass is 10.6. The number of carbonyl (C=O) groups is 2. The fraction of sp³-hybridized carbons (Fsp3) is 0.286. The summed E-state index contributed by atoms with van der Waals surface area (Å²) < 4.78 is 0. The molecule has 2 N–H and O–H groups in total. The van der Waals surface area contributed by atoms with Crippen molar-refractivity contribution in [2.45, 2.75) is 0 Å². The van der Waals surface area contributed by atoms with Gasteiger partial charge in [0.25, 0.3) is 5.95 Å². The van der Waals surface area contributed by atoms with Crippen molar-refractivity contribution in [1.29, 1.82) is 0 Å². The summed E-state index contributed by atoms with van der Waals surface area (Å²) in [6, 6.07) is -0.606. The molecule has 0 aliphatic carbocycles. The highest BCUT2D eigenvalue weighted by Crippen LogP contribution is 1.95. The van der Waals surface area contributed by atoms with Gasteiger partial charge in [0.05, 0.1) is 12.4 Å². The molecular formula is C7H9N5O3. The number of anilines is 1. The van der Waals surface area contributed by atoms with Crippen LogP contribution in [0.25, 0.3) is 0 Å². The van der Waals surface area contributed by atoms with Crippen LogP contribution in [0, 0.1) is 0 Å². The summed E-state index contributed by atoms with van der Waals surface area (Å²) in [5.74, 6) is -1.07. The lowest BCUT2D eigenvalue weighted by Gasteiger charge is -2.13. The largest absolute Gasteiger partial charge is 0.480 e. The molecule has 1 aromatic rings. The Balaban J connectivity index is 2.52. The number of urea groups is 1. The van der Waals surface area contributed by atoms with Crippen molar-refractivity contribution in [2.24, 2.45) is 0 Å². The van der Waals surface area contributed by atoms with E-state index in [-0.39, 0.29) is 5.95 Å². The summed E-state index contributed by atoms with van der Waals surface area (Å²) in [4.78, 5) is 26.3. The molecule has 1 heterocycles. The number of aromatic nitrogens is 3. The summed E-state index contributed by atoms with van der Waals surface area (Å²) in [5, 5.41) is 17.7. The average Bonchev–Trinajstić information content (AvgIpc) is 2.18. The maximum absolute atomic E-state index is 11.3. The molecule has 0 aliphatic rings. The standard InChI is InChI=1S/C7H9N5O3/c1-12(4-5(13)14)7(15)10-6-8-2-3-9-11-6/h2-3H,4H2,1H3,(H,13,14)(H,8,10,11,15). The number of rotatable bonds is 3. The molecule has 0 unspecified atom stereocenters. The Bertz CT molecular complexity index is 355. The van der Waals surface area contributed by atoms with E-state index in [1.165, 1.54) is 19.4 Å². The Labute approximate surface area is 84.9 Å². The van der Waals surface area contributed by atoms with Crippen LogP contribution in [0.4, 0.5) is 10.7 Å². The van der Waals surface area contributed by atoms with Crippen LogP contribution < -0.4 is 5.32 Å². The molecule has 0 saturated heterocycles. The number of likely N-dealkylation sites (N-methyl/N-ethyl adjacent to an activating group) is 1. The summed E-state index contributed by atoms with van der Waals surface area (Å²) in [6.07, 6.45) is 2.72. The van der Waals surface area contributed by atoms with Crippen molar-refractivity contribution >= 4 is 17.9 Å². The Morgan fingerprint density at radius 1 is 1.53 bits per heavy atom. The Morgan fingerprint density at radius 3 is 2.80 bits per heavy atom. The van der Waals surface area contributed by atoms with Gasteiger partial charge in [-0.15, -0.1) is 5.10 Å². The third-order valence-electron chi connectivity index (χ3n) is 1.42. The van der Waals surface area contributed by atoms with Gasteiger partial charge in [-0.3, -0.25) is 10.1 Å². The highest BCUT2D eigenvalue weighted by atomic mass is 16.4. The molecule has 0 spiro atoms. The molecule has 8 heteroatoms. The SMILES string of the molecule is CN(CC(=O)O)C(=O)Nc1nccnn1. The van der Waals surface area contributed by atoms with E-state index in [1.54, 1.807) is 0 Å². The van der Waals surface area contributed by atoms with Gasteiger partial charge in [0.1, 0.15) is 6.54 Å². The van der Waals surface area contributed by atoms with Crippen LogP contribution in [0.3, 0.4) is 0 Å². The molecule has 15 heavy (non-hydrogen) atoms. The summed E-state index contributed by atoms with van der Waals surface area (Å²) in [7, 11) is 1.35. The van der Waals surface area contributed by atoms with Crippen LogP contribution in [0.15, 0.2) is 12.4 Å². The van der Waals surface area contributed by atoms with E-state index in [0.29, 0.717) is 0 Å². The van der Waals surface area contributed by atoms with E-state index in [9.17, 15) is 9.59 Å². The highest BCUT2D eigenvalue weighted by molar-refractivity contribution is 5.89. The lowest BCUT2D eigenvalue weighted by Crippen LogP contribution is -2.35. The second-order valence-corrected chi connectivity index (χ2v) is 2.65. The predicted octanol–water partition coefficient (Wildman–Crippen LogP) is -0.580. The number of amides is 2. The van der Waals surface area contributed by atoms with E-state index >= 15 is 0 Å². The van der Waals surface area contributed by atoms with E-state index in [1.807, 2.05) is 0 Å². The second-order valence-electron chi connectivity index (χ2n) is 2.65. The minimum Gasteiger partial charge on any atom is -0.480 e. The summed E-state index contributed by atoms with van der Waals surface area (Å²) in [6.45, 7) is -0.397. The van der Waals surface area contributed by atoms with Crippen LogP contribution in [0.2, 0.25) is 0 Å². The number of aliphatic carboxylic acids is 1. The van der Waals surface area contributed by atoms with Crippen molar-refractivity contribution in [3.63, 3.8) is 0 Å². The van der Waals surface area contributed by atoms with Crippen molar-refractivity contribution in [3.05, 3.63) is 12.4 Å². The molecule has 0 radical (unpaired) electrons. The highest BCUT2D eigenvalue weighted by Gasteiger charge is 2.12. The van der Waals surface area contributed by atoms with Crippen LogP contribution in [0.1, 0.15) is 0 Å². The van der Waals surface area contributed by atoms with Gasteiger partial charge in [-0.25, -0.2) is 9.78 Å². The first-order valence-corrected chi connectivity index (χ1v) is 3.97. The minimum atomic E-state index is -1.10. The average molecular weight is 211 g/mol. The van der Waals surface area contributed by atoms with Gasteiger partial charge in [-0.2, -0.15) is 5.10 Å². The van der Waals surface area contributed by atoms with Crippen LogP contribution in [-0.2, 0) is 4.79 Å². The number of hydrogen-bond donors (Lipinski definition) is 2. The summed E-state index contributed by atoms with van der Waals surface area (Å²) >= 11 is 0. The fourth-order valence-corrected chi connectivity index (χ4v) is 0.771. The van der Waals surface area contributed by atoms with E-state index in [4.69, 9.17) is 5.11 Å². The summed E-state index contributed by atoms with van der Waals surface area (Å²) in [5.41, 5.74) is 0. The predicted molar refractivity (Wildman–Crippen MR) is 49.1 cm³/mol. The van der Waals surface area contributed by atoms with Gasteiger partial charge in [0.15, 0.2) is 0 Å². The molecule has 1 rings (SSSR count). The molecule has 0 fully saturated rings. The quantitative estimate of drug-likeness (QED) is 0.692. The number of carboxylic acid groups (broad SMARTS) is 1. The van der Waals surface area contributed by atoms with E-state index < -0.39 is 18.5 Å². The van der Waals surface area contributed by atoms with Gasteiger partial charge < -0.3 is 10.0 Å². The van der Waals surface area contributed by atoms with Crippen LogP contribution >= 0.6 is 0 Å². The molecule has 0 saturated carbocycles. The third-order valence-corrected chi connectivity index (χ3v) is 1.42. The van der Waals surface area contributed by atoms with Gasteiger partial charge in [-0.1, -0.05) is 0 Å². The number of hydrogen-bond acceptors (Lipinski definition) is 5. The molecule has 0 bridgehead atoms. The number of carbonyl (C=O) groups excluding carboxylic acids is 1. The van der Waals surface area contributed by atoms with E-state index in [0.717, 1.165) is 4.90 Å². The first-order valence-electron chi connectivity index (χ1n) is 3.97. The maximum Gasteiger partial charge on any atom is 0.324 e. The van der Waals surface area contributed by atoms with Crippen molar-refractivity contribution in [1.82, 2.24) is 20.1 Å². The molecule has 80 valence electrons. The topological polar surface area (TPSA) is 108 Å². The smallest absolute Gasteiger partial charge is 0.324 e. The number of carboxylic acids is 1. The molecule has 1 aromatic heterocycles. The first-order chi connectivity index (χ1) is 7.09. The molecule has 0 aliphatic heterocycles. The molecule has 0 atom stereocenters. The Kier molecular flexibility index (Phi) is 3.49. The van der Waals surface area contributed by atoms with Gasteiger partial charge in [0.2, 0.25) is 0 Å². The van der Waals surface area contributed by atoms with Crippen LogP contribution in [-0.4, -0.2) is 50.8 Å². The zero-order chi connectivity index (χ0) is 11.3. The second kappa shape index (κ2) is 4.84. The van der Waals surface area contributed by atoms with Gasteiger partial charge >= 0.3 is 12.0 Å². The molecule has 2 amide bonds. The zero-order valence-corrected chi connectivity index (χ0v) is 7.91. The van der Waals surface area contributed by atoms with Crippen molar-refractivity contribution < 1.29 is 14.7 Å². The third kappa shape index (κ3) is 3.55. The fourth-order valence-electron chi connectivity index (χ4n) is 0.771. The minimum absolute atomic E-state index is 0.0275. The van der Waals surface area contributed by atoms with Gasteiger partial charge in [0, 0.05) is 7.05 Å². The molecule has 8 nitrogen and oxygen atoms in total. The Hall–Kier alpha value is -2.25. The van der Waals surface area contributed by atoms with Crippen LogP contribution in [0.5, 0.6) is 0 Å². The van der Waals surface area contributed by atoms with Crippen molar-refractivity contribution in [2.75, 3.05) is 18.9 Å².